The minimum Gasteiger partial charge on any atom is -0.258 e. The Hall–Kier alpha value is -2.02. The SMILES string of the molecule is O=[N+]([O-])c1cccc(Cn2cc(CCCl)nn2)c1F. The molecule has 0 radical (unpaired) electrons. The van der Waals surface area contributed by atoms with Crippen molar-refractivity contribution in [3.63, 3.8) is 0 Å². The smallest absolute Gasteiger partial charge is 0.258 e. The van der Waals surface area contributed by atoms with E-state index in [0.29, 0.717) is 18.0 Å². The van der Waals surface area contributed by atoms with Crippen LogP contribution in [0.3, 0.4) is 0 Å². The van der Waals surface area contributed by atoms with Crippen molar-refractivity contribution in [2.75, 3.05) is 5.88 Å². The summed E-state index contributed by atoms with van der Waals surface area (Å²) in [7, 11) is 0. The second-order valence-corrected chi connectivity index (χ2v) is 4.23. The summed E-state index contributed by atoms with van der Waals surface area (Å²) >= 11 is 5.57. The lowest BCUT2D eigenvalue weighted by atomic mass is 10.2. The lowest BCUT2D eigenvalue weighted by Crippen LogP contribution is -2.04. The highest BCUT2D eigenvalue weighted by Crippen LogP contribution is 2.20. The quantitative estimate of drug-likeness (QED) is 0.479. The molecule has 0 saturated carbocycles. The van der Waals surface area contributed by atoms with Gasteiger partial charge in [0, 0.05) is 30.1 Å². The molecule has 2 aromatic rings. The van der Waals surface area contributed by atoms with Crippen molar-refractivity contribution in [1.29, 1.82) is 0 Å². The van der Waals surface area contributed by atoms with Crippen LogP contribution in [0.2, 0.25) is 0 Å². The van der Waals surface area contributed by atoms with Crippen LogP contribution in [0.5, 0.6) is 0 Å². The van der Waals surface area contributed by atoms with Gasteiger partial charge in [0.05, 0.1) is 17.2 Å². The zero-order valence-corrected chi connectivity index (χ0v) is 10.5. The number of benzene rings is 1. The minimum atomic E-state index is -0.845. The van der Waals surface area contributed by atoms with E-state index in [4.69, 9.17) is 11.6 Å². The molecule has 2 rings (SSSR count). The molecule has 19 heavy (non-hydrogen) atoms. The van der Waals surface area contributed by atoms with Crippen molar-refractivity contribution in [1.82, 2.24) is 15.0 Å². The average molecular weight is 285 g/mol. The Morgan fingerprint density at radius 2 is 2.26 bits per heavy atom. The summed E-state index contributed by atoms with van der Waals surface area (Å²) in [6, 6.07) is 4.04. The molecular weight excluding hydrogens is 275 g/mol. The number of nitro benzene ring substituents is 1. The predicted molar refractivity (Wildman–Crippen MR) is 66.6 cm³/mol. The van der Waals surface area contributed by atoms with Crippen LogP contribution in [0.4, 0.5) is 10.1 Å². The van der Waals surface area contributed by atoms with Crippen LogP contribution in [0, 0.1) is 15.9 Å². The van der Waals surface area contributed by atoms with Crippen LogP contribution in [0.1, 0.15) is 11.3 Å². The molecular formula is C11H10ClFN4O2. The van der Waals surface area contributed by atoms with Gasteiger partial charge in [-0.3, -0.25) is 10.1 Å². The summed E-state index contributed by atoms with van der Waals surface area (Å²) in [5, 5.41) is 18.3. The van der Waals surface area contributed by atoms with Gasteiger partial charge in [0.2, 0.25) is 5.82 Å². The van der Waals surface area contributed by atoms with E-state index >= 15 is 0 Å². The number of halogens is 2. The Morgan fingerprint density at radius 1 is 1.47 bits per heavy atom. The average Bonchev–Trinajstić information content (AvgIpc) is 2.79. The van der Waals surface area contributed by atoms with E-state index in [1.54, 1.807) is 6.20 Å². The molecule has 6 nitrogen and oxygen atoms in total. The minimum absolute atomic E-state index is 0.0861. The molecule has 0 N–H and O–H groups in total. The molecule has 0 amide bonds. The van der Waals surface area contributed by atoms with Gasteiger partial charge in [-0.2, -0.15) is 4.39 Å². The monoisotopic (exact) mass is 284 g/mol. The molecule has 1 heterocycles. The highest BCUT2D eigenvalue weighted by molar-refractivity contribution is 6.17. The molecule has 100 valence electrons. The second-order valence-electron chi connectivity index (χ2n) is 3.85. The summed E-state index contributed by atoms with van der Waals surface area (Å²) in [5.41, 5.74) is 0.343. The summed E-state index contributed by atoms with van der Waals surface area (Å²) in [6.07, 6.45) is 2.21. The fourth-order valence-electron chi connectivity index (χ4n) is 1.63. The first-order valence-corrected chi connectivity index (χ1v) is 6.02. The molecule has 0 fully saturated rings. The normalized spacial score (nSPS) is 10.6. The van der Waals surface area contributed by atoms with Gasteiger partial charge in [0.1, 0.15) is 0 Å². The molecule has 0 atom stereocenters. The van der Waals surface area contributed by atoms with Gasteiger partial charge in [-0.25, -0.2) is 4.68 Å². The molecule has 0 aliphatic rings. The lowest BCUT2D eigenvalue weighted by molar-refractivity contribution is -0.387. The number of aromatic nitrogens is 3. The molecule has 0 aliphatic carbocycles. The Kier molecular flexibility index (Phi) is 4.06. The fraction of sp³-hybridized carbons (Fsp3) is 0.273. The van der Waals surface area contributed by atoms with Crippen molar-refractivity contribution in [3.8, 4) is 0 Å². The topological polar surface area (TPSA) is 73.8 Å². The third-order valence-electron chi connectivity index (χ3n) is 2.52. The third-order valence-corrected chi connectivity index (χ3v) is 2.71. The Labute approximate surface area is 113 Å². The maximum atomic E-state index is 13.8. The van der Waals surface area contributed by atoms with E-state index in [9.17, 15) is 14.5 Å². The first kappa shape index (κ1) is 13.4. The van der Waals surface area contributed by atoms with Crippen LogP contribution < -0.4 is 0 Å². The van der Waals surface area contributed by atoms with Gasteiger partial charge in [-0.15, -0.1) is 16.7 Å². The summed E-state index contributed by atoms with van der Waals surface area (Å²) in [5.74, 6) is -0.425. The molecule has 0 bridgehead atoms. The summed E-state index contributed by atoms with van der Waals surface area (Å²) < 4.78 is 15.3. The fourth-order valence-corrected chi connectivity index (χ4v) is 1.82. The molecule has 0 unspecified atom stereocenters. The van der Waals surface area contributed by atoms with Crippen molar-refractivity contribution >= 4 is 17.3 Å². The van der Waals surface area contributed by atoms with Crippen molar-refractivity contribution < 1.29 is 9.31 Å². The summed E-state index contributed by atoms with van der Waals surface area (Å²) in [6.45, 7) is 0.0861. The highest BCUT2D eigenvalue weighted by atomic mass is 35.5. The van der Waals surface area contributed by atoms with Crippen molar-refractivity contribution in [2.45, 2.75) is 13.0 Å². The standard InChI is InChI=1S/C11H10ClFN4O2/c12-5-4-9-7-16(15-14-9)6-8-2-1-3-10(11(8)13)17(18)19/h1-3,7H,4-6H2. The second kappa shape index (κ2) is 5.75. The van der Waals surface area contributed by atoms with Gasteiger partial charge >= 0.3 is 5.69 Å². The van der Waals surface area contributed by atoms with Gasteiger partial charge in [-0.1, -0.05) is 17.3 Å². The molecule has 0 saturated heterocycles. The maximum absolute atomic E-state index is 13.8. The summed E-state index contributed by atoms with van der Waals surface area (Å²) in [4.78, 5) is 9.88. The molecule has 1 aromatic carbocycles. The Morgan fingerprint density at radius 3 is 2.95 bits per heavy atom. The molecule has 1 aromatic heterocycles. The largest absolute Gasteiger partial charge is 0.305 e. The number of rotatable bonds is 5. The van der Waals surface area contributed by atoms with Crippen molar-refractivity contribution in [2.24, 2.45) is 0 Å². The zero-order chi connectivity index (χ0) is 13.8. The number of hydrogen-bond acceptors (Lipinski definition) is 4. The van der Waals surface area contributed by atoms with E-state index < -0.39 is 16.4 Å². The van der Waals surface area contributed by atoms with Crippen molar-refractivity contribution in [3.05, 3.63) is 51.6 Å². The zero-order valence-electron chi connectivity index (χ0n) is 9.79. The van der Waals surface area contributed by atoms with Gasteiger partial charge < -0.3 is 0 Å². The van der Waals surface area contributed by atoms with E-state index in [2.05, 4.69) is 10.3 Å². The number of hydrogen-bond donors (Lipinski definition) is 0. The molecule has 8 heteroatoms. The lowest BCUT2D eigenvalue weighted by Gasteiger charge is -2.02. The van der Waals surface area contributed by atoms with Crippen LogP contribution >= 0.6 is 11.6 Å². The third kappa shape index (κ3) is 3.05. The number of nitrogens with zero attached hydrogens (tertiary/aromatic N) is 4. The van der Waals surface area contributed by atoms with Crippen LogP contribution in [0.15, 0.2) is 24.4 Å². The van der Waals surface area contributed by atoms with Gasteiger partial charge in [0.15, 0.2) is 0 Å². The first-order valence-electron chi connectivity index (χ1n) is 5.48. The van der Waals surface area contributed by atoms with Crippen LogP contribution in [-0.2, 0) is 13.0 Å². The van der Waals surface area contributed by atoms with E-state index in [-0.39, 0.29) is 12.1 Å². The van der Waals surface area contributed by atoms with Crippen LogP contribution in [-0.4, -0.2) is 25.8 Å². The van der Waals surface area contributed by atoms with E-state index in [1.807, 2.05) is 0 Å². The van der Waals surface area contributed by atoms with Gasteiger partial charge in [-0.05, 0) is 0 Å². The number of alkyl halides is 1. The predicted octanol–water partition coefficient (Wildman–Crippen LogP) is 2.16. The molecule has 0 aliphatic heterocycles. The number of aryl methyl sites for hydroxylation is 1. The highest BCUT2D eigenvalue weighted by Gasteiger charge is 2.17. The molecule has 0 spiro atoms. The van der Waals surface area contributed by atoms with E-state index in [0.717, 1.165) is 6.07 Å². The van der Waals surface area contributed by atoms with Gasteiger partial charge in [0.25, 0.3) is 0 Å². The Balaban J connectivity index is 2.23. The maximum Gasteiger partial charge on any atom is 0.305 e. The first-order chi connectivity index (χ1) is 9.11. The van der Waals surface area contributed by atoms with E-state index in [1.165, 1.54) is 16.8 Å². The van der Waals surface area contributed by atoms with Crippen LogP contribution in [0.25, 0.3) is 0 Å². The Bertz CT molecular complexity index is 602. The number of nitro groups is 1.